The van der Waals surface area contributed by atoms with Gasteiger partial charge in [-0.05, 0) is 42.0 Å². The van der Waals surface area contributed by atoms with E-state index in [1.54, 1.807) is 54.6 Å². The molecule has 0 bridgehead atoms. The molecule has 0 spiro atoms. The Bertz CT molecular complexity index is 1010. The van der Waals surface area contributed by atoms with Crippen molar-refractivity contribution in [2.24, 2.45) is 0 Å². The van der Waals surface area contributed by atoms with Crippen molar-refractivity contribution in [3.8, 4) is 11.5 Å². The van der Waals surface area contributed by atoms with Crippen LogP contribution in [0, 0.1) is 0 Å². The molecule has 3 aromatic carbocycles. The van der Waals surface area contributed by atoms with E-state index in [0.29, 0.717) is 28.8 Å². The third-order valence-corrected chi connectivity index (χ3v) is 4.45. The van der Waals surface area contributed by atoms with E-state index in [2.05, 4.69) is 5.32 Å². The molecule has 0 aliphatic carbocycles. The van der Waals surface area contributed by atoms with E-state index in [1.807, 2.05) is 24.3 Å². The van der Waals surface area contributed by atoms with Gasteiger partial charge in [-0.25, -0.2) is 0 Å². The number of carboxylic acids is 1. The normalized spacial score (nSPS) is 10.3. The zero-order valence-electron chi connectivity index (χ0n) is 16.1. The molecule has 30 heavy (non-hydrogen) atoms. The minimum Gasteiger partial charge on any atom is -0.480 e. The highest BCUT2D eigenvalue weighted by Crippen LogP contribution is 2.32. The second-order valence-electron chi connectivity index (χ2n) is 6.54. The number of hydrogen-bond donors (Lipinski definition) is 2. The van der Waals surface area contributed by atoms with Gasteiger partial charge in [-0.15, -0.1) is 0 Å². The van der Waals surface area contributed by atoms with Crippen molar-refractivity contribution in [1.82, 2.24) is 5.32 Å². The van der Waals surface area contributed by atoms with Gasteiger partial charge in [0.1, 0.15) is 12.3 Å². The number of aliphatic carboxylic acids is 1. The summed E-state index contributed by atoms with van der Waals surface area (Å²) in [5.41, 5.74) is 1.37. The monoisotopic (exact) mass is 424 g/mol. The van der Waals surface area contributed by atoms with Gasteiger partial charge in [0.15, 0.2) is 5.75 Å². The first-order valence-corrected chi connectivity index (χ1v) is 9.69. The lowest BCUT2D eigenvalue weighted by Crippen LogP contribution is -2.39. The predicted molar refractivity (Wildman–Crippen MR) is 116 cm³/mol. The highest BCUT2D eigenvalue weighted by molar-refractivity contribution is 6.30. The average molecular weight is 425 g/mol. The number of carboxylic acid groups (broad SMARTS) is 1. The van der Waals surface area contributed by atoms with Crippen molar-refractivity contribution in [2.75, 3.05) is 18.0 Å². The fourth-order valence-electron chi connectivity index (χ4n) is 2.89. The van der Waals surface area contributed by atoms with Crippen molar-refractivity contribution in [3.63, 3.8) is 0 Å². The lowest BCUT2D eigenvalue weighted by Gasteiger charge is -2.24. The van der Waals surface area contributed by atoms with Crippen LogP contribution in [0.4, 0.5) is 5.69 Å². The van der Waals surface area contributed by atoms with Gasteiger partial charge in [0.25, 0.3) is 0 Å². The molecule has 0 saturated heterocycles. The number of ether oxygens (including phenoxy) is 1. The quantitative estimate of drug-likeness (QED) is 0.534. The van der Waals surface area contributed by atoms with Crippen molar-refractivity contribution in [1.29, 1.82) is 0 Å². The van der Waals surface area contributed by atoms with Crippen LogP contribution in [0.2, 0.25) is 5.02 Å². The molecule has 0 aliphatic rings. The van der Waals surface area contributed by atoms with Gasteiger partial charge in [0.2, 0.25) is 5.91 Å². The average Bonchev–Trinajstić information content (AvgIpc) is 2.73. The molecule has 2 N–H and O–H groups in total. The third kappa shape index (κ3) is 6.25. The summed E-state index contributed by atoms with van der Waals surface area (Å²) in [5.74, 6) is -0.281. The number of carbonyl (C=O) groups is 2. The van der Waals surface area contributed by atoms with Gasteiger partial charge in [0, 0.05) is 11.6 Å². The molecule has 3 aromatic rings. The van der Waals surface area contributed by atoms with Crippen LogP contribution < -0.4 is 15.0 Å². The molecular formula is C23H21ClN2O4. The summed E-state index contributed by atoms with van der Waals surface area (Å²) >= 11 is 5.97. The van der Waals surface area contributed by atoms with E-state index in [-0.39, 0.29) is 19.0 Å². The van der Waals surface area contributed by atoms with E-state index in [4.69, 9.17) is 16.3 Å². The number of amides is 1. The van der Waals surface area contributed by atoms with Crippen LogP contribution in [0.25, 0.3) is 0 Å². The third-order valence-electron chi connectivity index (χ3n) is 4.22. The number of nitrogens with one attached hydrogen (secondary N) is 1. The second-order valence-corrected chi connectivity index (χ2v) is 6.98. The van der Waals surface area contributed by atoms with Gasteiger partial charge < -0.3 is 20.1 Å². The molecule has 154 valence electrons. The Kier molecular flexibility index (Phi) is 7.29. The van der Waals surface area contributed by atoms with Gasteiger partial charge in [0.05, 0.1) is 12.2 Å². The zero-order valence-corrected chi connectivity index (χ0v) is 16.9. The first kappa shape index (κ1) is 21.2. The smallest absolute Gasteiger partial charge is 0.323 e. The number of hydrogen-bond acceptors (Lipinski definition) is 4. The van der Waals surface area contributed by atoms with Gasteiger partial charge in [-0.3, -0.25) is 9.59 Å². The van der Waals surface area contributed by atoms with E-state index in [1.165, 1.54) is 4.90 Å². The van der Waals surface area contributed by atoms with Crippen LogP contribution in [-0.4, -0.2) is 30.1 Å². The fourth-order valence-corrected chi connectivity index (χ4v) is 3.10. The molecule has 1 amide bonds. The maximum Gasteiger partial charge on any atom is 0.323 e. The first-order valence-electron chi connectivity index (χ1n) is 9.31. The Hall–Kier alpha value is -3.51. The molecule has 7 heteroatoms. The summed E-state index contributed by atoms with van der Waals surface area (Å²) < 4.78 is 5.92. The molecule has 0 atom stereocenters. The van der Waals surface area contributed by atoms with E-state index >= 15 is 0 Å². The molecule has 6 nitrogen and oxygen atoms in total. The summed E-state index contributed by atoms with van der Waals surface area (Å²) in [6, 6.07) is 23.4. The number of anilines is 1. The minimum atomic E-state index is -1.05. The first-order chi connectivity index (χ1) is 14.5. The van der Waals surface area contributed by atoms with Crippen LogP contribution in [0.1, 0.15) is 5.56 Å². The lowest BCUT2D eigenvalue weighted by molar-refractivity contribution is -0.135. The Balaban J connectivity index is 1.74. The van der Waals surface area contributed by atoms with Gasteiger partial charge in [-0.2, -0.15) is 0 Å². The highest BCUT2D eigenvalue weighted by Gasteiger charge is 2.19. The summed E-state index contributed by atoms with van der Waals surface area (Å²) in [4.78, 5) is 25.4. The topological polar surface area (TPSA) is 78.9 Å². The number of nitrogens with zero attached hydrogens (tertiary/aromatic N) is 1. The largest absolute Gasteiger partial charge is 0.480 e. The Morgan fingerprint density at radius 1 is 0.933 bits per heavy atom. The number of rotatable bonds is 9. The number of carbonyl (C=O) groups excluding carboxylic acids is 1. The van der Waals surface area contributed by atoms with Crippen LogP contribution in [0.5, 0.6) is 11.5 Å². The van der Waals surface area contributed by atoms with Crippen LogP contribution >= 0.6 is 11.6 Å². The van der Waals surface area contributed by atoms with Crippen LogP contribution in [0.15, 0.2) is 78.9 Å². The standard InChI is InChI=1S/C23H21ClN2O4/c24-18-8-6-7-17(13-18)14-25-22(27)15-26(16-23(28)29)20-11-4-5-12-21(20)30-19-9-2-1-3-10-19/h1-13H,14-16H2,(H,25,27)(H,28,29). The molecule has 3 rings (SSSR count). The Morgan fingerprint density at radius 3 is 2.40 bits per heavy atom. The van der Waals surface area contributed by atoms with Crippen molar-refractivity contribution >= 4 is 29.2 Å². The second kappa shape index (κ2) is 10.3. The van der Waals surface area contributed by atoms with Crippen molar-refractivity contribution in [2.45, 2.75) is 6.54 Å². The van der Waals surface area contributed by atoms with E-state index in [0.717, 1.165) is 5.56 Å². The molecule has 0 saturated carbocycles. The maximum atomic E-state index is 12.5. The summed E-state index contributed by atoms with van der Waals surface area (Å²) in [6.07, 6.45) is 0. The highest BCUT2D eigenvalue weighted by atomic mass is 35.5. The number of halogens is 1. The molecule has 0 unspecified atom stereocenters. The fraction of sp³-hybridized carbons (Fsp3) is 0.130. The Labute approximate surface area is 179 Å². The molecule has 0 fully saturated rings. The summed E-state index contributed by atoms with van der Waals surface area (Å²) in [5, 5.41) is 12.7. The SMILES string of the molecule is O=C(O)CN(CC(=O)NCc1cccc(Cl)c1)c1ccccc1Oc1ccccc1. The molecular weight excluding hydrogens is 404 g/mol. The molecule has 0 aliphatic heterocycles. The van der Waals surface area contributed by atoms with E-state index < -0.39 is 5.97 Å². The number of benzene rings is 3. The summed E-state index contributed by atoms with van der Waals surface area (Å²) in [7, 11) is 0. The minimum absolute atomic E-state index is 0.137. The Morgan fingerprint density at radius 2 is 1.67 bits per heavy atom. The zero-order chi connectivity index (χ0) is 21.3. The van der Waals surface area contributed by atoms with Crippen LogP contribution in [-0.2, 0) is 16.1 Å². The molecule has 0 radical (unpaired) electrons. The molecule has 0 heterocycles. The van der Waals surface area contributed by atoms with Crippen molar-refractivity contribution < 1.29 is 19.4 Å². The van der Waals surface area contributed by atoms with Gasteiger partial charge >= 0.3 is 5.97 Å². The molecule has 0 aromatic heterocycles. The lowest BCUT2D eigenvalue weighted by atomic mass is 10.2. The predicted octanol–water partition coefficient (Wildman–Crippen LogP) is 4.34. The summed E-state index contributed by atoms with van der Waals surface area (Å²) in [6.45, 7) is -0.190. The van der Waals surface area contributed by atoms with Crippen LogP contribution in [0.3, 0.4) is 0 Å². The van der Waals surface area contributed by atoms with Crippen molar-refractivity contribution in [3.05, 3.63) is 89.4 Å². The van der Waals surface area contributed by atoms with Gasteiger partial charge in [-0.1, -0.05) is 54.1 Å². The number of para-hydroxylation sites is 3. The maximum absolute atomic E-state index is 12.5. The van der Waals surface area contributed by atoms with E-state index in [9.17, 15) is 14.7 Å².